The SMILES string of the molecule is O=C(N/N=C\c1ccccc1OCc1ccc(Cl)cc1)c1cccnc1. The second-order valence-corrected chi connectivity index (χ2v) is 5.83. The normalized spacial score (nSPS) is 10.7. The fraction of sp³-hybridized carbons (Fsp3) is 0.0500. The van der Waals surface area contributed by atoms with Crippen LogP contribution in [0.15, 0.2) is 78.2 Å². The molecule has 0 unspecified atom stereocenters. The molecular formula is C20H16ClN3O2. The zero-order valence-corrected chi connectivity index (χ0v) is 14.6. The second-order valence-electron chi connectivity index (χ2n) is 5.39. The highest BCUT2D eigenvalue weighted by atomic mass is 35.5. The number of hydrazone groups is 1. The van der Waals surface area contributed by atoms with E-state index in [4.69, 9.17) is 16.3 Å². The van der Waals surface area contributed by atoms with Crippen molar-refractivity contribution >= 4 is 23.7 Å². The molecule has 1 heterocycles. The fourth-order valence-corrected chi connectivity index (χ4v) is 2.31. The van der Waals surface area contributed by atoms with Crippen LogP contribution in [0.5, 0.6) is 5.75 Å². The summed E-state index contributed by atoms with van der Waals surface area (Å²) in [6.45, 7) is 0.407. The predicted octanol–water partition coefficient (Wildman–Crippen LogP) is 4.08. The van der Waals surface area contributed by atoms with Crippen LogP contribution >= 0.6 is 11.6 Å². The summed E-state index contributed by atoms with van der Waals surface area (Å²) in [7, 11) is 0. The van der Waals surface area contributed by atoms with Gasteiger partial charge in [0.1, 0.15) is 12.4 Å². The summed E-state index contributed by atoms with van der Waals surface area (Å²) in [5.74, 6) is 0.343. The monoisotopic (exact) mass is 365 g/mol. The van der Waals surface area contributed by atoms with Gasteiger partial charge in [-0.15, -0.1) is 0 Å². The predicted molar refractivity (Wildman–Crippen MR) is 102 cm³/mol. The highest BCUT2D eigenvalue weighted by molar-refractivity contribution is 6.30. The maximum Gasteiger partial charge on any atom is 0.272 e. The minimum absolute atomic E-state index is 0.325. The van der Waals surface area contributed by atoms with E-state index in [0.29, 0.717) is 22.9 Å². The Bertz CT molecular complexity index is 896. The quantitative estimate of drug-likeness (QED) is 0.529. The van der Waals surface area contributed by atoms with Gasteiger partial charge in [0.25, 0.3) is 5.91 Å². The molecule has 0 aliphatic heterocycles. The highest BCUT2D eigenvalue weighted by Crippen LogP contribution is 2.18. The third-order valence-corrected chi connectivity index (χ3v) is 3.77. The molecule has 0 radical (unpaired) electrons. The first-order valence-corrected chi connectivity index (χ1v) is 8.30. The first-order valence-electron chi connectivity index (χ1n) is 7.92. The lowest BCUT2D eigenvalue weighted by molar-refractivity contribution is 0.0954. The summed E-state index contributed by atoms with van der Waals surface area (Å²) in [4.78, 5) is 15.9. The van der Waals surface area contributed by atoms with E-state index in [0.717, 1.165) is 11.1 Å². The number of benzene rings is 2. The van der Waals surface area contributed by atoms with Crippen LogP contribution in [-0.2, 0) is 6.61 Å². The summed E-state index contributed by atoms with van der Waals surface area (Å²) < 4.78 is 5.85. The van der Waals surface area contributed by atoms with Gasteiger partial charge >= 0.3 is 0 Å². The van der Waals surface area contributed by atoms with Crippen LogP contribution in [0.25, 0.3) is 0 Å². The molecule has 3 rings (SSSR count). The van der Waals surface area contributed by atoms with Crippen molar-refractivity contribution < 1.29 is 9.53 Å². The molecule has 0 fully saturated rings. The molecule has 1 aromatic heterocycles. The minimum Gasteiger partial charge on any atom is -0.488 e. The average Bonchev–Trinajstić information content (AvgIpc) is 2.69. The van der Waals surface area contributed by atoms with Crippen LogP contribution in [0, 0.1) is 0 Å². The van der Waals surface area contributed by atoms with Crippen molar-refractivity contribution in [3.05, 3.63) is 94.8 Å². The fourth-order valence-electron chi connectivity index (χ4n) is 2.18. The van der Waals surface area contributed by atoms with E-state index in [1.165, 1.54) is 6.20 Å². The number of amides is 1. The number of aromatic nitrogens is 1. The number of carbonyl (C=O) groups excluding carboxylic acids is 1. The van der Waals surface area contributed by atoms with Gasteiger partial charge < -0.3 is 4.74 Å². The van der Waals surface area contributed by atoms with Gasteiger partial charge in [0.15, 0.2) is 0 Å². The number of para-hydroxylation sites is 1. The Morgan fingerprint density at radius 2 is 1.92 bits per heavy atom. The summed E-state index contributed by atoms with van der Waals surface area (Å²) in [5, 5.41) is 4.68. The van der Waals surface area contributed by atoms with Crippen molar-refractivity contribution in [3.63, 3.8) is 0 Å². The summed E-state index contributed by atoms with van der Waals surface area (Å²) in [5.41, 5.74) is 4.68. The van der Waals surface area contributed by atoms with E-state index < -0.39 is 0 Å². The maximum atomic E-state index is 12.0. The van der Waals surface area contributed by atoms with Crippen molar-refractivity contribution in [3.8, 4) is 5.75 Å². The molecule has 0 bridgehead atoms. The molecule has 2 aromatic carbocycles. The van der Waals surface area contributed by atoms with Gasteiger partial charge in [-0.25, -0.2) is 5.43 Å². The molecule has 3 aromatic rings. The molecule has 0 aliphatic rings. The second kappa shape index (κ2) is 8.78. The van der Waals surface area contributed by atoms with Crippen molar-refractivity contribution in [2.75, 3.05) is 0 Å². The van der Waals surface area contributed by atoms with Crippen LogP contribution in [0.2, 0.25) is 5.02 Å². The molecule has 6 heteroatoms. The maximum absolute atomic E-state index is 12.0. The van der Waals surface area contributed by atoms with Crippen molar-refractivity contribution in [2.45, 2.75) is 6.61 Å². The Kier molecular flexibility index (Phi) is 5.96. The lowest BCUT2D eigenvalue weighted by atomic mass is 10.2. The molecule has 0 atom stereocenters. The van der Waals surface area contributed by atoms with Crippen molar-refractivity contribution in [1.82, 2.24) is 10.4 Å². The molecule has 5 nitrogen and oxygen atoms in total. The number of halogens is 1. The van der Waals surface area contributed by atoms with E-state index in [2.05, 4.69) is 15.5 Å². The number of nitrogens with one attached hydrogen (secondary N) is 1. The van der Waals surface area contributed by atoms with Crippen LogP contribution in [0.3, 0.4) is 0 Å². The molecule has 26 heavy (non-hydrogen) atoms. The summed E-state index contributed by atoms with van der Waals surface area (Å²) in [6.07, 6.45) is 4.63. The first kappa shape index (κ1) is 17.6. The topological polar surface area (TPSA) is 63.6 Å². The molecular weight excluding hydrogens is 350 g/mol. The summed E-state index contributed by atoms with van der Waals surface area (Å²) >= 11 is 5.88. The number of pyridine rings is 1. The van der Waals surface area contributed by atoms with Crippen LogP contribution < -0.4 is 10.2 Å². The minimum atomic E-state index is -0.325. The Morgan fingerprint density at radius 3 is 2.69 bits per heavy atom. The van der Waals surface area contributed by atoms with Crippen LogP contribution in [-0.4, -0.2) is 17.1 Å². The van der Waals surface area contributed by atoms with Gasteiger partial charge in [-0.05, 0) is 42.0 Å². The Hall–Kier alpha value is -3.18. The number of carbonyl (C=O) groups is 1. The first-order chi connectivity index (χ1) is 12.7. The van der Waals surface area contributed by atoms with E-state index in [1.807, 2.05) is 48.5 Å². The van der Waals surface area contributed by atoms with Gasteiger partial charge in [0, 0.05) is 23.0 Å². The number of ether oxygens (including phenoxy) is 1. The highest BCUT2D eigenvalue weighted by Gasteiger charge is 2.04. The number of hydrogen-bond acceptors (Lipinski definition) is 4. The molecule has 1 N–H and O–H groups in total. The lowest BCUT2D eigenvalue weighted by Crippen LogP contribution is -2.17. The van der Waals surface area contributed by atoms with Gasteiger partial charge in [-0.2, -0.15) is 5.10 Å². The van der Waals surface area contributed by atoms with Gasteiger partial charge in [-0.1, -0.05) is 35.9 Å². The van der Waals surface area contributed by atoms with Crippen LogP contribution in [0.4, 0.5) is 0 Å². The Morgan fingerprint density at radius 1 is 1.12 bits per heavy atom. The molecule has 1 amide bonds. The standard InChI is InChI=1S/C20H16ClN3O2/c21-18-9-7-15(8-10-18)14-26-19-6-2-1-4-16(19)13-23-24-20(25)17-5-3-11-22-12-17/h1-13H,14H2,(H,24,25)/b23-13-. The van der Waals surface area contributed by atoms with Crippen molar-refractivity contribution in [2.24, 2.45) is 5.10 Å². The largest absolute Gasteiger partial charge is 0.488 e. The van der Waals surface area contributed by atoms with E-state index in [9.17, 15) is 4.79 Å². The molecule has 0 aliphatic carbocycles. The molecule has 0 spiro atoms. The molecule has 130 valence electrons. The molecule has 0 saturated carbocycles. The van der Waals surface area contributed by atoms with Crippen LogP contribution in [0.1, 0.15) is 21.5 Å². The van der Waals surface area contributed by atoms with E-state index in [-0.39, 0.29) is 5.91 Å². The third kappa shape index (κ3) is 4.91. The molecule has 0 saturated heterocycles. The van der Waals surface area contributed by atoms with Gasteiger partial charge in [0.05, 0.1) is 11.8 Å². The number of hydrogen-bond donors (Lipinski definition) is 1. The van der Waals surface area contributed by atoms with Crippen molar-refractivity contribution in [1.29, 1.82) is 0 Å². The van der Waals surface area contributed by atoms with E-state index >= 15 is 0 Å². The Labute approximate surface area is 156 Å². The number of rotatable bonds is 6. The smallest absolute Gasteiger partial charge is 0.272 e. The Balaban J connectivity index is 1.63. The summed E-state index contributed by atoms with van der Waals surface area (Å²) in [6, 6.07) is 18.3. The van der Waals surface area contributed by atoms with E-state index in [1.54, 1.807) is 24.5 Å². The zero-order chi connectivity index (χ0) is 18.2. The lowest BCUT2D eigenvalue weighted by Gasteiger charge is -2.09. The van der Waals surface area contributed by atoms with Gasteiger partial charge in [0.2, 0.25) is 0 Å². The number of nitrogens with zero attached hydrogens (tertiary/aromatic N) is 2. The third-order valence-electron chi connectivity index (χ3n) is 3.52. The zero-order valence-electron chi connectivity index (χ0n) is 13.8. The van der Waals surface area contributed by atoms with Gasteiger partial charge in [-0.3, -0.25) is 9.78 Å². The average molecular weight is 366 g/mol.